The first-order valence-corrected chi connectivity index (χ1v) is 10.9. The number of nitrogens with two attached hydrogens (primary N) is 1. The van der Waals surface area contributed by atoms with Gasteiger partial charge in [0, 0.05) is 17.3 Å². The molecule has 2 heterocycles. The zero-order valence-corrected chi connectivity index (χ0v) is 18.0. The molecule has 3 amide bonds. The second kappa shape index (κ2) is 9.47. The third kappa shape index (κ3) is 5.13. The highest BCUT2D eigenvalue weighted by atomic mass is 32.2. The van der Waals surface area contributed by atoms with Gasteiger partial charge in [0.25, 0.3) is 5.91 Å². The first kappa shape index (κ1) is 21.9. The van der Waals surface area contributed by atoms with Crippen LogP contribution in [0.4, 0.5) is 5.69 Å². The number of nitrogens with one attached hydrogen (secondary N) is 4. The minimum atomic E-state index is -0.942. The normalized spacial score (nSPS) is 21.6. The summed E-state index contributed by atoms with van der Waals surface area (Å²) in [6.07, 6.45) is -0.812. The highest BCUT2D eigenvalue weighted by Gasteiger charge is 2.35. The topological polar surface area (TPSA) is 144 Å². The maximum atomic E-state index is 12.5. The zero-order valence-electron chi connectivity index (χ0n) is 17.2. The molecule has 1 saturated heterocycles. The first-order valence-electron chi connectivity index (χ1n) is 9.90. The number of ether oxygens (including phenoxy) is 2. The summed E-state index contributed by atoms with van der Waals surface area (Å²) in [7, 11) is 0. The molecule has 0 aromatic heterocycles. The Bertz CT molecular complexity index is 1030. The summed E-state index contributed by atoms with van der Waals surface area (Å²) in [5.74, 6) is 0.195. The Morgan fingerprint density at radius 1 is 1.16 bits per heavy atom. The van der Waals surface area contributed by atoms with Gasteiger partial charge in [0.2, 0.25) is 18.6 Å². The summed E-state index contributed by atoms with van der Waals surface area (Å²) in [6, 6.07) is 11.2. The molecule has 2 aromatic carbocycles. The van der Waals surface area contributed by atoms with E-state index in [-0.39, 0.29) is 18.5 Å². The molecule has 3 unspecified atom stereocenters. The van der Waals surface area contributed by atoms with E-state index in [2.05, 4.69) is 21.3 Å². The van der Waals surface area contributed by atoms with Gasteiger partial charge in [0.15, 0.2) is 11.5 Å². The van der Waals surface area contributed by atoms with E-state index in [1.54, 1.807) is 30.3 Å². The van der Waals surface area contributed by atoms with Gasteiger partial charge >= 0.3 is 0 Å². The molecular formula is C21H23N5O5S. The zero-order chi connectivity index (χ0) is 22.7. The van der Waals surface area contributed by atoms with E-state index in [9.17, 15) is 14.4 Å². The molecule has 2 aromatic rings. The minimum absolute atomic E-state index is 0.0689. The Hall–Kier alpha value is -3.28. The number of fused-ring (bicyclic) bond motifs is 1. The third-order valence-electron chi connectivity index (χ3n) is 4.90. The van der Waals surface area contributed by atoms with Crippen molar-refractivity contribution in [2.24, 2.45) is 5.73 Å². The van der Waals surface area contributed by atoms with E-state index < -0.39 is 29.5 Å². The molecular weight excluding hydrogens is 434 g/mol. The van der Waals surface area contributed by atoms with E-state index in [1.165, 1.54) is 11.8 Å². The first-order chi connectivity index (χ1) is 15.4. The van der Waals surface area contributed by atoms with Crippen LogP contribution >= 0.6 is 11.8 Å². The van der Waals surface area contributed by atoms with E-state index in [0.717, 1.165) is 5.56 Å². The number of rotatable bonds is 6. The average Bonchev–Trinajstić information content (AvgIpc) is 3.23. The molecule has 3 atom stereocenters. The molecule has 0 spiro atoms. The number of thioether (sulfide) groups is 1. The Kier molecular flexibility index (Phi) is 6.49. The number of hydrogen-bond acceptors (Lipinski definition) is 8. The van der Waals surface area contributed by atoms with Crippen molar-refractivity contribution < 1.29 is 23.9 Å². The molecule has 2 aliphatic rings. The Morgan fingerprint density at radius 2 is 1.91 bits per heavy atom. The van der Waals surface area contributed by atoms with Gasteiger partial charge < -0.3 is 31.2 Å². The van der Waals surface area contributed by atoms with Gasteiger partial charge in [-0.15, -0.1) is 11.8 Å². The molecule has 6 N–H and O–H groups in total. The highest BCUT2D eigenvalue weighted by molar-refractivity contribution is 8.00. The molecule has 10 nitrogen and oxygen atoms in total. The van der Waals surface area contributed by atoms with Crippen molar-refractivity contribution in [2.75, 3.05) is 17.9 Å². The number of amides is 3. The lowest BCUT2D eigenvalue weighted by Crippen LogP contribution is -2.70. The standard InChI is InChI=1S/C21H23N5O5S/c1-11-2-4-12(5-3-11)19(28)24-17-18(22)25-21(26-20(17)29)32-9-16(27)23-13-6-7-14-15(8-13)31-10-30-14/h2-8,17-18,21,25H,9-10,22H2,1H3,(H,23,27)(H,24,28)(H,26,29). The van der Waals surface area contributed by atoms with Crippen LogP contribution in [0.25, 0.3) is 0 Å². The van der Waals surface area contributed by atoms with Gasteiger partial charge in [-0.3, -0.25) is 19.7 Å². The highest BCUT2D eigenvalue weighted by Crippen LogP contribution is 2.34. The maximum absolute atomic E-state index is 12.5. The van der Waals surface area contributed by atoms with Crippen molar-refractivity contribution in [3.8, 4) is 11.5 Å². The van der Waals surface area contributed by atoms with Crippen molar-refractivity contribution >= 4 is 35.2 Å². The Labute approximate surface area is 188 Å². The number of benzene rings is 2. The molecule has 2 aliphatic heterocycles. The quantitative estimate of drug-likeness (QED) is 0.421. The van der Waals surface area contributed by atoms with Crippen LogP contribution in [-0.2, 0) is 9.59 Å². The lowest BCUT2D eigenvalue weighted by atomic mass is 10.1. The van der Waals surface area contributed by atoms with Crippen LogP contribution in [0.3, 0.4) is 0 Å². The fourth-order valence-corrected chi connectivity index (χ4v) is 4.04. The third-order valence-corrected chi connectivity index (χ3v) is 5.91. The fraction of sp³-hybridized carbons (Fsp3) is 0.286. The number of anilines is 1. The number of carbonyl (C=O) groups is 3. The van der Waals surface area contributed by atoms with Gasteiger partial charge in [0.05, 0.1) is 11.9 Å². The monoisotopic (exact) mass is 457 g/mol. The van der Waals surface area contributed by atoms with Crippen molar-refractivity contribution in [3.05, 3.63) is 53.6 Å². The SMILES string of the molecule is Cc1ccc(C(=O)NC2C(=O)NC(SCC(=O)Nc3ccc4c(c3)OCO4)NC2N)cc1. The van der Waals surface area contributed by atoms with Crippen molar-refractivity contribution in [1.29, 1.82) is 0 Å². The molecule has 11 heteroatoms. The summed E-state index contributed by atoms with van der Waals surface area (Å²) < 4.78 is 10.5. The lowest BCUT2D eigenvalue weighted by molar-refractivity contribution is -0.125. The van der Waals surface area contributed by atoms with Crippen LogP contribution in [-0.4, -0.2) is 48.0 Å². The molecule has 4 rings (SSSR count). The average molecular weight is 458 g/mol. The molecule has 32 heavy (non-hydrogen) atoms. The smallest absolute Gasteiger partial charge is 0.252 e. The second-order valence-corrected chi connectivity index (χ2v) is 8.42. The molecule has 168 valence electrons. The molecule has 0 aliphatic carbocycles. The van der Waals surface area contributed by atoms with Crippen LogP contribution in [0.15, 0.2) is 42.5 Å². The van der Waals surface area contributed by atoms with Crippen molar-refractivity contribution in [3.63, 3.8) is 0 Å². The summed E-state index contributed by atoms with van der Waals surface area (Å²) in [5.41, 5.74) is 7.53. The van der Waals surface area contributed by atoms with Crippen LogP contribution in [0.1, 0.15) is 15.9 Å². The molecule has 1 fully saturated rings. The minimum Gasteiger partial charge on any atom is -0.454 e. The lowest BCUT2D eigenvalue weighted by Gasteiger charge is -2.35. The summed E-state index contributed by atoms with van der Waals surface area (Å²) in [5, 5.41) is 11.1. The number of aryl methyl sites for hydroxylation is 1. The predicted octanol–water partition coefficient (Wildman–Crippen LogP) is 0.482. The van der Waals surface area contributed by atoms with E-state index in [1.807, 2.05) is 19.1 Å². The summed E-state index contributed by atoms with van der Waals surface area (Å²) in [4.78, 5) is 37.2. The van der Waals surface area contributed by atoms with Gasteiger partial charge in [0.1, 0.15) is 11.5 Å². The van der Waals surface area contributed by atoms with Gasteiger partial charge in [-0.1, -0.05) is 17.7 Å². The van der Waals surface area contributed by atoms with E-state index in [4.69, 9.17) is 15.2 Å². The maximum Gasteiger partial charge on any atom is 0.252 e. The van der Waals surface area contributed by atoms with E-state index >= 15 is 0 Å². The predicted molar refractivity (Wildman–Crippen MR) is 119 cm³/mol. The van der Waals surface area contributed by atoms with Crippen LogP contribution < -0.4 is 36.5 Å². The fourth-order valence-electron chi connectivity index (χ4n) is 3.20. The van der Waals surface area contributed by atoms with Gasteiger partial charge in [-0.25, -0.2) is 0 Å². The molecule has 0 radical (unpaired) electrons. The van der Waals surface area contributed by atoms with E-state index in [0.29, 0.717) is 22.7 Å². The van der Waals surface area contributed by atoms with Crippen LogP contribution in [0.2, 0.25) is 0 Å². The Morgan fingerprint density at radius 3 is 2.66 bits per heavy atom. The van der Waals surface area contributed by atoms with Crippen molar-refractivity contribution in [1.82, 2.24) is 16.0 Å². The van der Waals surface area contributed by atoms with Crippen LogP contribution in [0, 0.1) is 6.92 Å². The molecule has 0 bridgehead atoms. The number of carbonyl (C=O) groups excluding carboxylic acids is 3. The summed E-state index contributed by atoms with van der Waals surface area (Å²) in [6.45, 7) is 2.08. The molecule has 0 saturated carbocycles. The van der Waals surface area contributed by atoms with Gasteiger partial charge in [-0.05, 0) is 31.2 Å². The largest absolute Gasteiger partial charge is 0.454 e. The van der Waals surface area contributed by atoms with Crippen LogP contribution in [0.5, 0.6) is 11.5 Å². The second-order valence-electron chi connectivity index (χ2n) is 7.33. The Balaban J connectivity index is 1.26. The summed E-state index contributed by atoms with van der Waals surface area (Å²) >= 11 is 1.17. The number of hydrogen-bond donors (Lipinski definition) is 5. The van der Waals surface area contributed by atoms with Gasteiger partial charge in [-0.2, -0.15) is 0 Å². The van der Waals surface area contributed by atoms with Crippen molar-refractivity contribution in [2.45, 2.75) is 24.6 Å².